The summed E-state index contributed by atoms with van der Waals surface area (Å²) in [7, 11) is 0. The quantitative estimate of drug-likeness (QED) is 0.221. The van der Waals surface area contributed by atoms with E-state index in [0.29, 0.717) is 54.9 Å². The van der Waals surface area contributed by atoms with Crippen molar-refractivity contribution in [3.05, 3.63) is 125 Å². The molecule has 0 spiro atoms. The van der Waals surface area contributed by atoms with Crippen LogP contribution >= 0.6 is 22.9 Å². The van der Waals surface area contributed by atoms with Gasteiger partial charge >= 0.3 is 5.97 Å². The van der Waals surface area contributed by atoms with Crippen LogP contribution in [0.1, 0.15) is 56.0 Å². The van der Waals surface area contributed by atoms with E-state index in [1.54, 1.807) is 57.2 Å². The molecule has 44 heavy (non-hydrogen) atoms. The largest absolute Gasteiger partial charge is 0.494 e. The molecular formula is C34H30ClN3O5S. The summed E-state index contributed by atoms with van der Waals surface area (Å²) in [5.41, 5.74) is 3.26. The summed E-state index contributed by atoms with van der Waals surface area (Å²) in [6.45, 7) is 7.99. The van der Waals surface area contributed by atoms with E-state index in [0.717, 1.165) is 11.1 Å². The van der Waals surface area contributed by atoms with Crippen molar-refractivity contribution >= 4 is 35.0 Å². The second kappa shape index (κ2) is 13.3. The molecule has 0 saturated carbocycles. The number of fused-ring (bicyclic) bond motifs is 1. The van der Waals surface area contributed by atoms with Crippen LogP contribution < -0.4 is 24.4 Å². The number of benzene rings is 3. The van der Waals surface area contributed by atoms with Crippen molar-refractivity contribution in [3.63, 3.8) is 0 Å². The zero-order valence-corrected chi connectivity index (χ0v) is 26.2. The Balaban J connectivity index is 1.59. The first kappa shape index (κ1) is 30.8. The first-order chi connectivity index (χ1) is 21.2. The van der Waals surface area contributed by atoms with E-state index < -0.39 is 12.0 Å². The summed E-state index contributed by atoms with van der Waals surface area (Å²) < 4.78 is 19.2. The third kappa shape index (κ3) is 6.62. The van der Waals surface area contributed by atoms with Crippen molar-refractivity contribution < 1.29 is 19.0 Å². The summed E-state index contributed by atoms with van der Waals surface area (Å²) in [6, 6.07) is 21.0. The van der Waals surface area contributed by atoms with E-state index in [9.17, 15) is 9.59 Å². The van der Waals surface area contributed by atoms with E-state index in [-0.39, 0.29) is 18.3 Å². The van der Waals surface area contributed by atoms with E-state index in [1.807, 2.05) is 43.3 Å². The Morgan fingerprint density at radius 1 is 1.11 bits per heavy atom. The minimum absolute atomic E-state index is 0.258. The Morgan fingerprint density at radius 3 is 2.50 bits per heavy atom. The molecule has 224 valence electrons. The summed E-state index contributed by atoms with van der Waals surface area (Å²) in [4.78, 5) is 32.6. The van der Waals surface area contributed by atoms with Crippen molar-refractivity contribution in [2.75, 3.05) is 6.61 Å². The Bertz CT molecular complexity index is 1950. The predicted octanol–water partition coefficient (Wildman–Crippen LogP) is 5.69. The van der Waals surface area contributed by atoms with Gasteiger partial charge < -0.3 is 14.2 Å². The Labute approximate surface area is 263 Å². The molecule has 0 amide bonds. The second-order valence-corrected chi connectivity index (χ2v) is 11.8. The molecule has 8 nitrogen and oxygen atoms in total. The fourth-order valence-corrected chi connectivity index (χ4v) is 6.05. The smallest absolute Gasteiger partial charge is 0.338 e. The molecule has 1 aromatic heterocycles. The lowest BCUT2D eigenvalue weighted by Gasteiger charge is -2.25. The van der Waals surface area contributed by atoms with Crippen molar-refractivity contribution in [2.45, 2.75) is 46.4 Å². The number of aromatic nitrogens is 1. The van der Waals surface area contributed by atoms with Gasteiger partial charge in [0.25, 0.3) is 5.56 Å². The maximum atomic E-state index is 14.1. The molecule has 1 atom stereocenters. The molecule has 3 aromatic carbocycles. The molecule has 0 unspecified atom stereocenters. The van der Waals surface area contributed by atoms with Crippen LogP contribution in [-0.4, -0.2) is 23.2 Å². The van der Waals surface area contributed by atoms with Crippen molar-refractivity contribution in [3.8, 4) is 17.6 Å². The van der Waals surface area contributed by atoms with E-state index in [2.05, 4.69) is 11.1 Å². The molecule has 0 bridgehead atoms. The normalized spacial score (nSPS) is 14.6. The molecule has 0 radical (unpaired) electrons. The van der Waals surface area contributed by atoms with Crippen LogP contribution in [0.2, 0.25) is 5.02 Å². The Morgan fingerprint density at radius 2 is 1.84 bits per heavy atom. The first-order valence-electron chi connectivity index (χ1n) is 14.1. The van der Waals surface area contributed by atoms with E-state index in [1.165, 1.54) is 15.9 Å². The number of rotatable bonds is 9. The van der Waals surface area contributed by atoms with Gasteiger partial charge in [-0.05, 0) is 87.4 Å². The minimum Gasteiger partial charge on any atom is -0.494 e. The summed E-state index contributed by atoms with van der Waals surface area (Å²) in [5, 5.41) is 9.55. The van der Waals surface area contributed by atoms with Crippen molar-refractivity contribution in [1.29, 1.82) is 5.26 Å². The standard InChI is InChI=1S/C34H30ClN3O5S/c1-5-41-27-13-10-24(11-14-27)31-30(33(40)43-20(2)3)21(4)37-34-38(31)32(39)29(44-34)17-25-16-26(35)12-15-28(25)42-19-23-8-6-22(18-36)7-9-23/h6-17,20,31H,5,19H2,1-4H3/b29-17+/t31-/m0/s1. The van der Waals surface area contributed by atoms with Gasteiger partial charge in [-0.3, -0.25) is 9.36 Å². The molecule has 0 saturated heterocycles. The van der Waals surface area contributed by atoms with Gasteiger partial charge in [-0.1, -0.05) is 47.2 Å². The molecule has 5 rings (SSSR count). The minimum atomic E-state index is -0.748. The van der Waals surface area contributed by atoms with Gasteiger partial charge in [0.15, 0.2) is 4.80 Å². The number of allylic oxidation sites excluding steroid dienone is 1. The highest BCUT2D eigenvalue weighted by Gasteiger charge is 2.33. The molecule has 1 aliphatic rings. The molecule has 1 aliphatic heterocycles. The van der Waals surface area contributed by atoms with Crippen molar-refractivity contribution in [1.82, 2.24) is 4.57 Å². The SMILES string of the molecule is CCOc1ccc([C@H]2C(C(=O)OC(C)C)=C(C)N=c3s/c(=C/c4cc(Cl)ccc4OCc4ccc(C#N)cc4)c(=O)n32)cc1. The monoisotopic (exact) mass is 627 g/mol. The number of nitriles is 1. The fourth-order valence-electron chi connectivity index (χ4n) is 4.83. The highest BCUT2D eigenvalue weighted by molar-refractivity contribution is 7.07. The lowest BCUT2D eigenvalue weighted by molar-refractivity contribution is -0.143. The van der Waals surface area contributed by atoms with Gasteiger partial charge in [0.2, 0.25) is 0 Å². The molecule has 0 aliphatic carbocycles. The third-order valence-corrected chi connectivity index (χ3v) is 8.05. The van der Waals surface area contributed by atoms with Gasteiger partial charge in [0.05, 0.1) is 46.2 Å². The topological polar surface area (TPSA) is 103 Å². The number of halogens is 1. The van der Waals surface area contributed by atoms with E-state index in [4.69, 9.17) is 31.1 Å². The molecule has 0 fully saturated rings. The summed E-state index contributed by atoms with van der Waals surface area (Å²) in [6.07, 6.45) is 1.38. The van der Waals surface area contributed by atoms with Crippen LogP contribution in [-0.2, 0) is 16.1 Å². The van der Waals surface area contributed by atoms with Crippen LogP contribution in [0, 0.1) is 11.3 Å². The zero-order valence-electron chi connectivity index (χ0n) is 24.7. The number of carbonyl (C=O) groups is 1. The van der Waals surface area contributed by atoms with Gasteiger partial charge in [-0.25, -0.2) is 9.79 Å². The lowest BCUT2D eigenvalue weighted by Crippen LogP contribution is -2.40. The van der Waals surface area contributed by atoms with Crippen LogP contribution in [0.15, 0.2) is 87.8 Å². The number of hydrogen-bond donors (Lipinski definition) is 0. The molecule has 4 aromatic rings. The highest BCUT2D eigenvalue weighted by atomic mass is 35.5. The number of hydrogen-bond acceptors (Lipinski definition) is 8. The highest BCUT2D eigenvalue weighted by Crippen LogP contribution is 2.32. The molecule has 2 heterocycles. The average Bonchev–Trinajstić information content (AvgIpc) is 3.30. The fraction of sp³-hybridized carbons (Fsp3) is 0.235. The number of esters is 1. The van der Waals surface area contributed by atoms with E-state index >= 15 is 0 Å². The Hall–Kier alpha value is -4.65. The first-order valence-corrected chi connectivity index (χ1v) is 15.3. The predicted molar refractivity (Wildman–Crippen MR) is 170 cm³/mol. The van der Waals surface area contributed by atoms with Gasteiger partial charge in [0.1, 0.15) is 18.1 Å². The maximum Gasteiger partial charge on any atom is 0.338 e. The van der Waals surface area contributed by atoms with Crippen LogP contribution in [0.4, 0.5) is 0 Å². The van der Waals surface area contributed by atoms with Crippen LogP contribution in [0.5, 0.6) is 11.5 Å². The number of ether oxygens (including phenoxy) is 3. The molecule has 0 N–H and O–H groups in total. The maximum absolute atomic E-state index is 14.1. The molecular weight excluding hydrogens is 598 g/mol. The molecule has 10 heteroatoms. The van der Waals surface area contributed by atoms with Gasteiger partial charge in [-0.2, -0.15) is 5.26 Å². The second-order valence-electron chi connectivity index (χ2n) is 10.3. The van der Waals surface area contributed by atoms with Gasteiger partial charge in [0, 0.05) is 10.6 Å². The van der Waals surface area contributed by atoms with Crippen LogP contribution in [0.3, 0.4) is 0 Å². The zero-order chi connectivity index (χ0) is 31.4. The van der Waals surface area contributed by atoms with Crippen LogP contribution in [0.25, 0.3) is 6.08 Å². The average molecular weight is 628 g/mol. The number of thiazole rings is 1. The third-order valence-electron chi connectivity index (χ3n) is 6.83. The number of nitrogens with zero attached hydrogens (tertiary/aromatic N) is 3. The number of carbonyl (C=O) groups excluding carboxylic acids is 1. The summed E-state index contributed by atoms with van der Waals surface area (Å²) >= 11 is 7.57. The van der Waals surface area contributed by atoms with Crippen molar-refractivity contribution in [2.24, 2.45) is 4.99 Å². The Kier molecular flexibility index (Phi) is 9.33. The van der Waals surface area contributed by atoms with Gasteiger partial charge in [-0.15, -0.1) is 0 Å². The summed E-state index contributed by atoms with van der Waals surface area (Å²) in [5.74, 6) is 0.693. The lowest BCUT2D eigenvalue weighted by atomic mass is 9.96.